The molecule has 0 heterocycles. The highest BCUT2D eigenvalue weighted by Crippen LogP contribution is 2.31. The fourth-order valence-corrected chi connectivity index (χ4v) is 3.02. The van der Waals surface area contributed by atoms with Gasteiger partial charge < -0.3 is 5.11 Å². The van der Waals surface area contributed by atoms with Crippen LogP contribution in [-0.2, 0) is 10.2 Å². The molecule has 1 N–H and O–H groups in total. The molecule has 0 aliphatic carbocycles. The number of carboxylic acid groups (broad SMARTS) is 1. The lowest BCUT2D eigenvalue weighted by molar-refractivity contribution is -0.143. The quantitative estimate of drug-likeness (QED) is 0.629. The number of carbonyl (C=O) groups is 1. The van der Waals surface area contributed by atoms with Gasteiger partial charge in [-0.2, -0.15) is 0 Å². The topological polar surface area (TPSA) is 37.3 Å². The fraction of sp³-hybridized carbons (Fsp3) is 0.400. The zero-order chi connectivity index (χ0) is 14.3. The minimum absolute atomic E-state index is 0.592. The summed E-state index contributed by atoms with van der Waals surface area (Å²) in [4.78, 5) is 11.6. The average Bonchev–Trinajstić information content (AvgIpc) is 2.38. The molecular formula is C15H17BrO2S. The Morgan fingerprint density at radius 1 is 1.53 bits per heavy atom. The van der Waals surface area contributed by atoms with Crippen molar-refractivity contribution in [3.8, 4) is 11.8 Å². The minimum Gasteiger partial charge on any atom is -0.481 e. The normalized spacial score (nSPS) is 13.2. The van der Waals surface area contributed by atoms with Crippen molar-refractivity contribution in [3.63, 3.8) is 0 Å². The summed E-state index contributed by atoms with van der Waals surface area (Å²) in [6, 6.07) is 7.52. The number of rotatable bonds is 6. The van der Waals surface area contributed by atoms with E-state index < -0.39 is 11.4 Å². The molecule has 1 aromatic carbocycles. The van der Waals surface area contributed by atoms with Crippen molar-refractivity contribution in [2.45, 2.75) is 25.7 Å². The first-order valence-corrected chi connectivity index (χ1v) is 7.92. The zero-order valence-electron chi connectivity index (χ0n) is 11.1. The van der Waals surface area contributed by atoms with Crippen LogP contribution in [0.15, 0.2) is 28.7 Å². The number of aliphatic carboxylic acids is 1. The van der Waals surface area contributed by atoms with Crippen LogP contribution in [0.1, 0.15) is 25.8 Å². The molecular weight excluding hydrogens is 324 g/mol. The van der Waals surface area contributed by atoms with Gasteiger partial charge in [-0.3, -0.25) is 4.79 Å². The van der Waals surface area contributed by atoms with Gasteiger partial charge in [-0.05, 0) is 43.7 Å². The molecule has 1 atom stereocenters. The number of benzene rings is 1. The number of hydrogen-bond acceptors (Lipinski definition) is 2. The smallest absolute Gasteiger partial charge is 0.313 e. The highest BCUT2D eigenvalue weighted by atomic mass is 79.9. The van der Waals surface area contributed by atoms with Crippen molar-refractivity contribution < 1.29 is 9.90 Å². The maximum absolute atomic E-state index is 11.6. The van der Waals surface area contributed by atoms with E-state index in [1.807, 2.05) is 31.2 Å². The van der Waals surface area contributed by atoms with Crippen LogP contribution < -0.4 is 0 Å². The van der Waals surface area contributed by atoms with E-state index in [9.17, 15) is 9.90 Å². The summed E-state index contributed by atoms with van der Waals surface area (Å²) in [5.41, 5.74) is -0.0206. The molecule has 102 valence electrons. The second kappa shape index (κ2) is 7.62. The van der Waals surface area contributed by atoms with Gasteiger partial charge in [0.25, 0.3) is 0 Å². The Morgan fingerprint density at radius 3 is 2.84 bits per heavy atom. The van der Waals surface area contributed by atoms with Crippen molar-refractivity contribution in [1.82, 2.24) is 0 Å². The summed E-state index contributed by atoms with van der Waals surface area (Å²) in [6.45, 7) is 3.59. The third-order valence-electron chi connectivity index (χ3n) is 3.03. The molecule has 0 bridgehead atoms. The predicted octanol–water partition coefficient (Wildman–Crippen LogP) is 3.94. The molecule has 0 saturated heterocycles. The zero-order valence-corrected chi connectivity index (χ0v) is 13.5. The molecule has 1 unspecified atom stereocenters. The third-order valence-corrected chi connectivity index (χ3v) is 4.37. The second-order valence-electron chi connectivity index (χ2n) is 4.38. The molecule has 1 rings (SSSR count). The maximum atomic E-state index is 11.6. The summed E-state index contributed by atoms with van der Waals surface area (Å²) in [5, 5.41) is 9.53. The van der Waals surface area contributed by atoms with Crippen LogP contribution in [0.3, 0.4) is 0 Å². The lowest BCUT2D eigenvalue weighted by Gasteiger charge is -2.25. The van der Waals surface area contributed by atoms with E-state index in [4.69, 9.17) is 0 Å². The van der Waals surface area contributed by atoms with Crippen molar-refractivity contribution in [3.05, 3.63) is 34.3 Å². The summed E-state index contributed by atoms with van der Waals surface area (Å²) in [6.07, 6.45) is 0.592. The van der Waals surface area contributed by atoms with E-state index in [2.05, 4.69) is 27.8 Å². The Morgan fingerprint density at radius 2 is 2.26 bits per heavy atom. The summed E-state index contributed by atoms with van der Waals surface area (Å²) in [5.74, 6) is 6.56. The van der Waals surface area contributed by atoms with Crippen molar-refractivity contribution in [1.29, 1.82) is 0 Å². The van der Waals surface area contributed by atoms with Crippen LogP contribution in [0.4, 0.5) is 0 Å². The molecule has 2 nitrogen and oxygen atoms in total. The molecule has 0 fully saturated rings. The van der Waals surface area contributed by atoms with Crippen LogP contribution in [0.25, 0.3) is 0 Å². The van der Waals surface area contributed by atoms with Gasteiger partial charge in [0.1, 0.15) is 0 Å². The van der Waals surface area contributed by atoms with Crippen LogP contribution in [0, 0.1) is 11.8 Å². The van der Waals surface area contributed by atoms with Crippen LogP contribution in [0.5, 0.6) is 0 Å². The van der Waals surface area contributed by atoms with Gasteiger partial charge in [-0.15, -0.1) is 17.7 Å². The third kappa shape index (κ3) is 4.59. The maximum Gasteiger partial charge on any atom is 0.313 e. The second-order valence-corrected chi connectivity index (χ2v) is 6.40. The number of hydrogen-bond donors (Lipinski definition) is 1. The number of carboxylic acids is 1. The van der Waals surface area contributed by atoms with Gasteiger partial charge in [0.15, 0.2) is 0 Å². The van der Waals surface area contributed by atoms with Gasteiger partial charge in [-0.1, -0.05) is 34.0 Å². The van der Waals surface area contributed by atoms with Crippen molar-refractivity contribution >= 4 is 33.7 Å². The standard InChI is InChI=1S/C15H17BrO2S/c1-3-4-9-19-10-8-15(2,14(17)18)12-6-5-7-13(16)11-12/h5-7,11H,8-10H2,1-2H3,(H,17,18). The molecule has 0 amide bonds. The van der Waals surface area contributed by atoms with E-state index in [1.54, 1.807) is 18.7 Å². The molecule has 0 saturated carbocycles. The van der Waals surface area contributed by atoms with Crippen LogP contribution in [-0.4, -0.2) is 22.6 Å². The van der Waals surface area contributed by atoms with Crippen LogP contribution in [0.2, 0.25) is 0 Å². The highest BCUT2D eigenvalue weighted by Gasteiger charge is 2.34. The summed E-state index contributed by atoms with van der Waals surface area (Å²) in [7, 11) is 0. The molecule has 0 radical (unpaired) electrons. The fourth-order valence-electron chi connectivity index (χ4n) is 1.68. The Bertz CT molecular complexity index is 504. The van der Waals surface area contributed by atoms with Crippen molar-refractivity contribution in [2.24, 2.45) is 0 Å². The van der Waals surface area contributed by atoms with E-state index >= 15 is 0 Å². The van der Waals surface area contributed by atoms with E-state index in [0.29, 0.717) is 6.42 Å². The lowest BCUT2D eigenvalue weighted by Crippen LogP contribution is -2.33. The van der Waals surface area contributed by atoms with Gasteiger partial charge in [0.2, 0.25) is 0 Å². The monoisotopic (exact) mass is 340 g/mol. The first-order valence-electron chi connectivity index (χ1n) is 5.97. The molecule has 19 heavy (non-hydrogen) atoms. The molecule has 0 aliphatic heterocycles. The summed E-state index contributed by atoms with van der Waals surface area (Å²) < 4.78 is 0.905. The Hall–Kier alpha value is -0.920. The molecule has 4 heteroatoms. The van der Waals surface area contributed by atoms with Gasteiger partial charge in [0.05, 0.1) is 11.2 Å². The van der Waals surface area contributed by atoms with E-state index in [-0.39, 0.29) is 0 Å². The Kier molecular flexibility index (Phi) is 6.47. The Labute approximate surface area is 127 Å². The molecule has 0 spiro atoms. The van der Waals surface area contributed by atoms with Crippen molar-refractivity contribution in [2.75, 3.05) is 11.5 Å². The lowest BCUT2D eigenvalue weighted by atomic mass is 9.80. The molecule has 1 aromatic rings. The van der Waals surface area contributed by atoms with Gasteiger partial charge in [-0.25, -0.2) is 0 Å². The Balaban J connectivity index is 2.79. The number of thioether (sulfide) groups is 1. The SMILES string of the molecule is CC#CCSCCC(C)(C(=O)O)c1cccc(Br)c1. The summed E-state index contributed by atoms with van der Waals surface area (Å²) >= 11 is 5.06. The largest absolute Gasteiger partial charge is 0.481 e. The van der Waals surface area contributed by atoms with E-state index in [1.165, 1.54) is 0 Å². The molecule has 0 aliphatic rings. The molecule has 0 aromatic heterocycles. The number of halogens is 1. The average molecular weight is 341 g/mol. The van der Waals surface area contributed by atoms with Gasteiger partial charge in [0, 0.05) is 4.47 Å². The predicted molar refractivity (Wildman–Crippen MR) is 84.5 cm³/mol. The highest BCUT2D eigenvalue weighted by molar-refractivity contribution is 9.10. The minimum atomic E-state index is -0.851. The first-order chi connectivity index (χ1) is 9.00. The first kappa shape index (κ1) is 16.1. The van der Waals surface area contributed by atoms with E-state index in [0.717, 1.165) is 21.5 Å². The van der Waals surface area contributed by atoms with Gasteiger partial charge >= 0.3 is 5.97 Å². The van der Waals surface area contributed by atoms with Crippen LogP contribution >= 0.6 is 27.7 Å².